The van der Waals surface area contributed by atoms with E-state index in [4.69, 9.17) is 4.74 Å². The van der Waals surface area contributed by atoms with Gasteiger partial charge in [0.25, 0.3) is 0 Å². The Morgan fingerprint density at radius 2 is 2.05 bits per heavy atom. The van der Waals surface area contributed by atoms with Gasteiger partial charge in [0.1, 0.15) is 12.4 Å². The number of rotatable bonds is 5. The molecular formula is C17H20N2O. The maximum Gasteiger partial charge on any atom is 0.130 e. The summed E-state index contributed by atoms with van der Waals surface area (Å²) >= 11 is 0. The number of nitrogens with zero attached hydrogens (tertiary/aromatic N) is 1. The average molecular weight is 268 g/mol. The first-order valence-corrected chi connectivity index (χ1v) is 7.18. The molecule has 1 aliphatic rings. The number of pyridine rings is 1. The van der Waals surface area contributed by atoms with Gasteiger partial charge in [-0.3, -0.25) is 4.98 Å². The van der Waals surface area contributed by atoms with Crippen LogP contribution in [0.15, 0.2) is 36.5 Å². The number of benzene rings is 1. The standard InChI is InChI=1S/C17H20N2O/c1-18-10-13-5-7-16(19-11-13)12-20-17-8-6-14-3-2-4-15(14)9-17/h5-9,11,18H,2-4,10,12H2,1H3. The van der Waals surface area contributed by atoms with Crippen LogP contribution in [-0.2, 0) is 26.0 Å². The minimum Gasteiger partial charge on any atom is -0.487 e. The molecular weight excluding hydrogens is 248 g/mol. The van der Waals surface area contributed by atoms with Crippen molar-refractivity contribution in [2.24, 2.45) is 0 Å². The van der Waals surface area contributed by atoms with Crippen molar-refractivity contribution in [2.45, 2.75) is 32.4 Å². The van der Waals surface area contributed by atoms with Crippen molar-refractivity contribution >= 4 is 0 Å². The second-order valence-corrected chi connectivity index (χ2v) is 5.26. The highest BCUT2D eigenvalue weighted by atomic mass is 16.5. The van der Waals surface area contributed by atoms with E-state index >= 15 is 0 Å². The fourth-order valence-corrected chi connectivity index (χ4v) is 2.64. The van der Waals surface area contributed by atoms with Crippen LogP contribution in [0.3, 0.4) is 0 Å². The zero-order valence-corrected chi connectivity index (χ0v) is 11.9. The zero-order chi connectivity index (χ0) is 13.8. The number of ether oxygens (including phenoxy) is 1. The van der Waals surface area contributed by atoms with Crippen molar-refractivity contribution in [3.05, 3.63) is 58.9 Å². The first-order chi connectivity index (χ1) is 9.85. The monoisotopic (exact) mass is 268 g/mol. The van der Waals surface area contributed by atoms with Gasteiger partial charge < -0.3 is 10.1 Å². The van der Waals surface area contributed by atoms with Gasteiger partial charge in [-0.05, 0) is 61.2 Å². The molecule has 3 heteroatoms. The van der Waals surface area contributed by atoms with Gasteiger partial charge in [-0.1, -0.05) is 12.1 Å². The number of nitrogens with one attached hydrogen (secondary N) is 1. The molecule has 0 bridgehead atoms. The fourth-order valence-electron chi connectivity index (χ4n) is 2.64. The Hall–Kier alpha value is -1.87. The summed E-state index contributed by atoms with van der Waals surface area (Å²) in [7, 11) is 1.94. The molecule has 20 heavy (non-hydrogen) atoms. The first kappa shape index (κ1) is 13.1. The molecule has 0 saturated heterocycles. The van der Waals surface area contributed by atoms with Gasteiger partial charge in [-0.2, -0.15) is 0 Å². The number of hydrogen-bond donors (Lipinski definition) is 1. The number of aromatic nitrogens is 1. The summed E-state index contributed by atoms with van der Waals surface area (Å²) in [6.07, 6.45) is 5.57. The van der Waals surface area contributed by atoms with E-state index in [1.807, 2.05) is 19.3 Å². The van der Waals surface area contributed by atoms with Gasteiger partial charge in [-0.15, -0.1) is 0 Å². The van der Waals surface area contributed by atoms with E-state index < -0.39 is 0 Å². The maximum absolute atomic E-state index is 5.84. The lowest BCUT2D eigenvalue weighted by Gasteiger charge is -2.08. The lowest BCUT2D eigenvalue weighted by atomic mass is 10.1. The second kappa shape index (κ2) is 6.06. The van der Waals surface area contributed by atoms with Crippen molar-refractivity contribution in [3.63, 3.8) is 0 Å². The van der Waals surface area contributed by atoms with Crippen LogP contribution in [0.5, 0.6) is 5.75 Å². The van der Waals surface area contributed by atoms with Crippen molar-refractivity contribution < 1.29 is 4.74 Å². The molecule has 0 unspecified atom stereocenters. The van der Waals surface area contributed by atoms with Crippen molar-refractivity contribution in [1.29, 1.82) is 0 Å². The van der Waals surface area contributed by atoms with Crippen LogP contribution in [0.1, 0.15) is 28.8 Å². The fraction of sp³-hybridized carbons (Fsp3) is 0.353. The Kier molecular flexibility index (Phi) is 3.97. The zero-order valence-electron chi connectivity index (χ0n) is 11.9. The van der Waals surface area contributed by atoms with Crippen molar-refractivity contribution in [3.8, 4) is 5.75 Å². The summed E-state index contributed by atoms with van der Waals surface area (Å²) in [4.78, 5) is 4.42. The molecule has 1 aromatic heterocycles. The summed E-state index contributed by atoms with van der Waals surface area (Å²) in [6.45, 7) is 1.37. The van der Waals surface area contributed by atoms with Gasteiger partial charge >= 0.3 is 0 Å². The summed E-state index contributed by atoms with van der Waals surface area (Å²) < 4.78 is 5.84. The SMILES string of the molecule is CNCc1ccc(COc2ccc3c(c2)CCC3)nc1. The van der Waals surface area contributed by atoms with E-state index in [1.165, 1.54) is 36.0 Å². The molecule has 0 amide bonds. The lowest BCUT2D eigenvalue weighted by molar-refractivity contribution is 0.301. The van der Waals surface area contributed by atoms with Gasteiger partial charge in [0.2, 0.25) is 0 Å². The predicted molar refractivity (Wildman–Crippen MR) is 79.8 cm³/mol. The summed E-state index contributed by atoms with van der Waals surface area (Å²) in [5.74, 6) is 0.951. The predicted octanol–water partition coefficient (Wildman–Crippen LogP) is 2.87. The minimum absolute atomic E-state index is 0.526. The van der Waals surface area contributed by atoms with Crippen LogP contribution in [0.2, 0.25) is 0 Å². The lowest BCUT2D eigenvalue weighted by Crippen LogP contribution is -2.06. The van der Waals surface area contributed by atoms with E-state index in [1.54, 1.807) is 0 Å². The highest BCUT2D eigenvalue weighted by molar-refractivity contribution is 5.38. The number of aryl methyl sites for hydroxylation is 2. The van der Waals surface area contributed by atoms with Gasteiger partial charge in [0, 0.05) is 12.7 Å². The minimum atomic E-state index is 0.526. The van der Waals surface area contributed by atoms with E-state index in [9.17, 15) is 0 Å². The molecule has 1 N–H and O–H groups in total. The molecule has 0 atom stereocenters. The van der Waals surface area contributed by atoms with E-state index in [2.05, 4.69) is 34.6 Å². The Balaban J connectivity index is 1.61. The van der Waals surface area contributed by atoms with E-state index in [0.29, 0.717) is 6.61 Å². The van der Waals surface area contributed by atoms with E-state index in [-0.39, 0.29) is 0 Å². The molecule has 1 heterocycles. The Morgan fingerprint density at radius 1 is 1.15 bits per heavy atom. The van der Waals surface area contributed by atoms with Crippen LogP contribution in [-0.4, -0.2) is 12.0 Å². The summed E-state index contributed by atoms with van der Waals surface area (Å²) in [5.41, 5.74) is 5.07. The molecule has 0 aliphatic heterocycles. The maximum atomic E-state index is 5.84. The average Bonchev–Trinajstić information content (AvgIpc) is 2.94. The highest BCUT2D eigenvalue weighted by Crippen LogP contribution is 2.26. The summed E-state index contributed by atoms with van der Waals surface area (Å²) in [5, 5.41) is 3.11. The molecule has 0 radical (unpaired) electrons. The van der Waals surface area contributed by atoms with Crippen LogP contribution in [0, 0.1) is 0 Å². The number of hydrogen-bond acceptors (Lipinski definition) is 3. The van der Waals surface area contributed by atoms with Crippen LogP contribution in [0.4, 0.5) is 0 Å². The van der Waals surface area contributed by atoms with Gasteiger partial charge in [-0.25, -0.2) is 0 Å². The van der Waals surface area contributed by atoms with Gasteiger partial charge in [0.05, 0.1) is 5.69 Å². The summed E-state index contributed by atoms with van der Waals surface area (Å²) in [6, 6.07) is 10.6. The molecule has 0 fully saturated rings. The van der Waals surface area contributed by atoms with Crippen molar-refractivity contribution in [2.75, 3.05) is 7.05 Å². The smallest absolute Gasteiger partial charge is 0.130 e. The normalized spacial score (nSPS) is 13.2. The Labute approximate surface area is 120 Å². The first-order valence-electron chi connectivity index (χ1n) is 7.18. The number of fused-ring (bicyclic) bond motifs is 1. The molecule has 0 spiro atoms. The Bertz CT molecular complexity index is 578. The van der Waals surface area contributed by atoms with Gasteiger partial charge in [0.15, 0.2) is 0 Å². The molecule has 0 saturated carbocycles. The second-order valence-electron chi connectivity index (χ2n) is 5.26. The van der Waals surface area contributed by atoms with Crippen LogP contribution >= 0.6 is 0 Å². The third-order valence-electron chi connectivity index (χ3n) is 3.72. The Morgan fingerprint density at radius 3 is 2.85 bits per heavy atom. The highest BCUT2D eigenvalue weighted by Gasteiger charge is 2.11. The van der Waals surface area contributed by atoms with Crippen molar-refractivity contribution in [1.82, 2.24) is 10.3 Å². The molecule has 1 aromatic carbocycles. The molecule has 3 rings (SSSR count). The largest absolute Gasteiger partial charge is 0.487 e. The molecule has 1 aliphatic carbocycles. The molecule has 2 aromatic rings. The molecule has 3 nitrogen and oxygen atoms in total. The third kappa shape index (κ3) is 2.99. The third-order valence-corrected chi connectivity index (χ3v) is 3.72. The molecule has 104 valence electrons. The topological polar surface area (TPSA) is 34.1 Å². The van der Waals surface area contributed by atoms with E-state index in [0.717, 1.165) is 18.0 Å². The van der Waals surface area contributed by atoms with Crippen LogP contribution < -0.4 is 10.1 Å². The van der Waals surface area contributed by atoms with Crippen LogP contribution in [0.25, 0.3) is 0 Å². The quantitative estimate of drug-likeness (QED) is 0.905.